The zero-order chi connectivity index (χ0) is 12.7. The van der Waals surface area contributed by atoms with E-state index in [9.17, 15) is 4.79 Å². The number of Topliss-reactive ketones (excluding diaryl/α,β-unsaturated/α-hetero) is 1. The van der Waals surface area contributed by atoms with Crippen LogP contribution < -0.4 is 0 Å². The van der Waals surface area contributed by atoms with Crippen molar-refractivity contribution in [3.8, 4) is 0 Å². The van der Waals surface area contributed by atoms with Crippen LogP contribution in [0.1, 0.15) is 64.6 Å². The second kappa shape index (κ2) is 7.25. The summed E-state index contributed by atoms with van der Waals surface area (Å²) in [7, 11) is 0. The van der Waals surface area contributed by atoms with Crippen molar-refractivity contribution in [1.29, 1.82) is 0 Å². The molecule has 0 saturated heterocycles. The fraction of sp³-hybridized carbons (Fsp3) is 0.714. The van der Waals surface area contributed by atoms with Crippen molar-refractivity contribution < 1.29 is 4.79 Å². The molecule has 0 N–H and O–H groups in total. The van der Waals surface area contributed by atoms with E-state index in [1.165, 1.54) is 19.3 Å². The molecule has 0 aliphatic carbocycles. The lowest BCUT2D eigenvalue weighted by Gasteiger charge is -2.03. The van der Waals surface area contributed by atoms with E-state index in [4.69, 9.17) is 0 Å². The number of aromatic nitrogens is 2. The van der Waals surface area contributed by atoms with E-state index in [1.807, 2.05) is 16.9 Å². The standard InChI is InChI=1S/C14H24N2O/c1-4-5-6-7-8-14(17)11-13-9-10-16(15-13)12(2)3/h9-10,12H,4-8,11H2,1-3H3. The highest BCUT2D eigenvalue weighted by atomic mass is 16.1. The molecule has 1 aromatic heterocycles. The van der Waals surface area contributed by atoms with Crippen molar-refractivity contribution in [3.63, 3.8) is 0 Å². The van der Waals surface area contributed by atoms with Crippen LogP contribution >= 0.6 is 0 Å². The highest BCUT2D eigenvalue weighted by molar-refractivity contribution is 5.80. The first kappa shape index (κ1) is 13.9. The molecule has 0 unspecified atom stereocenters. The Morgan fingerprint density at radius 1 is 1.35 bits per heavy atom. The lowest BCUT2D eigenvalue weighted by molar-refractivity contribution is -0.118. The van der Waals surface area contributed by atoms with Crippen LogP contribution in [0.2, 0.25) is 0 Å². The van der Waals surface area contributed by atoms with Gasteiger partial charge in [0.2, 0.25) is 0 Å². The Hall–Kier alpha value is -1.12. The van der Waals surface area contributed by atoms with Gasteiger partial charge in [-0.2, -0.15) is 5.10 Å². The number of carbonyl (C=O) groups is 1. The molecular formula is C14H24N2O. The second-order valence-electron chi connectivity index (χ2n) is 4.91. The maximum absolute atomic E-state index is 11.7. The molecule has 0 amide bonds. The number of hydrogen-bond donors (Lipinski definition) is 0. The normalized spacial score (nSPS) is 11.1. The van der Waals surface area contributed by atoms with Gasteiger partial charge in [0.05, 0.1) is 12.1 Å². The minimum absolute atomic E-state index is 0.315. The zero-order valence-electron chi connectivity index (χ0n) is 11.3. The van der Waals surface area contributed by atoms with Crippen LogP contribution in [0.25, 0.3) is 0 Å². The van der Waals surface area contributed by atoms with Gasteiger partial charge in [-0.05, 0) is 26.3 Å². The van der Waals surface area contributed by atoms with E-state index in [0.717, 1.165) is 12.1 Å². The smallest absolute Gasteiger partial charge is 0.138 e. The molecule has 0 spiro atoms. The quantitative estimate of drug-likeness (QED) is 0.647. The average molecular weight is 236 g/mol. The molecule has 0 radical (unpaired) electrons. The molecular weight excluding hydrogens is 212 g/mol. The van der Waals surface area contributed by atoms with Crippen molar-refractivity contribution >= 4 is 5.78 Å². The molecule has 3 nitrogen and oxygen atoms in total. The lowest BCUT2D eigenvalue weighted by Crippen LogP contribution is -2.06. The number of rotatable bonds is 8. The van der Waals surface area contributed by atoms with Crippen LogP contribution in [0.5, 0.6) is 0 Å². The minimum Gasteiger partial charge on any atom is -0.299 e. The van der Waals surface area contributed by atoms with E-state index in [-0.39, 0.29) is 0 Å². The summed E-state index contributed by atoms with van der Waals surface area (Å²) >= 11 is 0. The number of ketones is 1. The van der Waals surface area contributed by atoms with Gasteiger partial charge in [0.25, 0.3) is 0 Å². The SMILES string of the molecule is CCCCCCC(=O)Cc1ccn(C(C)C)n1. The molecule has 3 heteroatoms. The van der Waals surface area contributed by atoms with E-state index < -0.39 is 0 Å². The molecule has 1 heterocycles. The van der Waals surface area contributed by atoms with Gasteiger partial charge in [-0.1, -0.05) is 26.2 Å². The predicted octanol–water partition coefficient (Wildman–Crippen LogP) is 3.55. The van der Waals surface area contributed by atoms with E-state index >= 15 is 0 Å². The molecule has 0 aliphatic heterocycles. The predicted molar refractivity (Wildman–Crippen MR) is 70.1 cm³/mol. The molecule has 1 aromatic rings. The Morgan fingerprint density at radius 3 is 2.71 bits per heavy atom. The van der Waals surface area contributed by atoms with Crippen molar-refractivity contribution in [1.82, 2.24) is 9.78 Å². The molecule has 0 fully saturated rings. The summed E-state index contributed by atoms with van der Waals surface area (Å²) in [5, 5.41) is 4.39. The van der Waals surface area contributed by atoms with Crippen LogP contribution in [-0.4, -0.2) is 15.6 Å². The molecule has 0 saturated carbocycles. The van der Waals surface area contributed by atoms with Crippen LogP contribution in [-0.2, 0) is 11.2 Å². The van der Waals surface area contributed by atoms with E-state index in [1.54, 1.807) is 0 Å². The van der Waals surface area contributed by atoms with Crippen molar-refractivity contribution in [2.24, 2.45) is 0 Å². The Morgan fingerprint density at radius 2 is 2.12 bits per heavy atom. The summed E-state index contributed by atoms with van der Waals surface area (Å²) in [5.41, 5.74) is 0.902. The third kappa shape index (κ3) is 5.16. The number of hydrogen-bond acceptors (Lipinski definition) is 2. The minimum atomic E-state index is 0.315. The largest absolute Gasteiger partial charge is 0.299 e. The molecule has 0 bridgehead atoms. The van der Waals surface area contributed by atoms with Crippen LogP contribution in [0, 0.1) is 0 Å². The number of unbranched alkanes of at least 4 members (excludes halogenated alkanes) is 3. The van der Waals surface area contributed by atoms with Gasteiger partial charge in [0, 0.05) is 18.7 Å². The summed E-state index contributed by atoms with van der Waals surface area (Å²) in [6.07, 6.45) is 7.78. The summed E-state index contributed by atoms with van der Waals surface area (Å²) in [5.74, 6) is 0.315. The van der Waals surface area contributed by atoms with E-state index in [2.05, 4.69) is 25.9 Å². The fourth-order valence-electron chi connectivity index (χ4n) is 1.80. The van der Waals surface area contributed by atoms with Crippen LogP contribution in [0.3, 0.4) is 0 Å². The molecule has 0 atom stereocenters. The maximum Gasteiger partial charge on any atom is 0.138 e. The topological polar surface area (TPSA) is 34.9 Å². The first-order chi connectivity index (χ1) is 8.13. The van der Waals surface area contributed by atoms with Gasteiger partial charge in [-0.15, -0.1) is 0 Å². The molecule has 96 valence electrons. The Bertz CT molecular complexity index is 342. The second-order valence-corrected chi connectivity index (χ2v) is 4.91. The summed E-state index contributed by atoms with van der Waals surface area (Å²) in [6.45, 7) is 6.35. The lowest BCUT2D eigenvalue weighted by atomic mass is 10.1. The van der Waals surface area contributed by atoms with Gasteiger partial charge in [-0.3, -0.25) is 9.48 Å². The monoisotopic (exact) mass is 236 g/mol. The van der Waals surface area contributed by atoms with Gasteiger partial charge < -0.3 is 0 Å². The number of nitrogens with zero attached hydrogens (tertiary/aromatic N) is 2. The van der Waals surface area contributed by atoms with Gasteiger partial charge in [-0.25, -0.2) is 0 Å². The maximum atomic E-state index is 11.7. The van der Waals surface area contributed by atoms with Gasteiger partial charge in [0.15, 0.2) is 0 Å². The highest BCUT2D eigenvalue weighted by Gasteiger charge is 2.07. The van der Waals surface area contributed by atoms with Crippen LogP contribution in [0.15, 0.2) is 12.3 Å². The fourth-order valence-corrected chi connectivity index (χ4v) is 1.80. The summed E-state index contributed by atoms with van der Waals surface area (Å²) in [6, 6.07) is 2.31. The molecule has 0 aliphatic rings. The number of carbonyl (C=O) groups excluding carboxylic acids is 1. The van der Waals surface area contributed by atoms with Gasteiger partial charge >= 0.3 is 0 Å². The first-order valence-corrected chi connectivity index (χ1v) is 6.69. The first-order valence-electron chi connectivity index (χ1n) is 6.69. The molecule has 17 heavy (non-hydrogen) atoms. The zero-order valence-corrected chi connectivity index (χ0v) is 11.3. The van der Waals surface area contributed by atoms with Crippen LogP contribution in [0.4, 0.5) is 0 Å². The van der Waals surface area contributed by atoms with Gasteiger partial charge in [0.1, 0.15) is 5.78 Å². The molecule has 0 aromatic carbocycles. The van der Waals surface area contributed by atoms with E-state index in [0.29, 0.717) is 24.7 Å². The highest BCUT2D eigenvalue weighted by Crippen LogP contribution is 2.08. The Kier molecular flexibility index (Phi) is 5.95. The third-order valence-corrected chi connectivity index (χ3v) is 2.88. The average Bonchev–Trinajstić information content (AvgIpc) is 2.73. The van der Waals surface area contributed by atoms with Crippen molar-refractivity contribution in [3.05, 3.63) is 18.0 Å². The van der Waals surface area contributed by atoms with Crippen molar-refractivity contribution in [2.45, 2.75) is 65.3 Å². The summed E-state index contributed by atoms with van der Waals surface area (Å²) in [4.78, 5) is 11.7. The Balaban J connectivity index is 2.29. The molecule has 1 rings (SSSR count). The third-order valence-electron chi connectivity index (χ3n) is 2.88. The van der Waals surface area contributed by atoms with Crippen molar-refractivity contribution in [2.75, 3.05) is 0 Å². The summed E-state index contributed by atoms with van der Waals surface area (Å²) < 4.78 is 1.90. The Labute approximate surface area is 104 Å².